The third-order valence-electron chi connectivity index (χ3n) is 3.22. The largest absolute Gasteiger partial charge is 0.504 e. The highest BCUT2D eigenvalue weighted by Gasteiger charge is 2.23. The van der Waals surface area contributed by atoms with Gasteiger partial charge >= 0.3 is 0 Å². The summed E-state index contributed by atoms with van der Waals surface area (Å²) in [5, 5.41) is 39.0. The number of benzene rings is 1. The number of phenolic OH excluding ortho intramolecular Hbond substituents is 4. The zero-order chi connectivity index (χ0) is 15.3. The molecule has 0 saturated carbocycles. The van der Waals surface area contributed by atoms with E-state index in [1.165, 1.54) is 6.92 Å². The van der Waals surface area contributed by atoms with Crippen LogP contribution in [0.25, 0.3) is 0 Å². The van der Waals surface area contributed by atoms with Crippen LogP contribution in [-0.4, -0.2) is 51.6 Å². The van der Waals surface area contributed by atoms with E-state index >= 15 is 0 Å². The molecule has 0 spiro atoms. The summed E-state index contributed by atoms with van der Waals surface area (Å²) in [6, 6.07) is 0. The Morgan fingerprint density at radius 3 is 1.80 bits per heavy atom. The van der Waals surface area contributed by atoms with E-state index in [1.54, 1.807) is 0 Å². The maximum absolute atomic E-state index is 9.84. The van der Waals surface area contributed by atoms with Crippen molar-refractivity contribution in [1.29, 1.82) is 0 Å². The van der Waals surface area contributed by atoms with Gasteiger partial charge in [0.25, 0.3) is 0 Å². The molecule has 0 unspecified atom stereocenters. The molecule has 0 atom stereocenters. The van der Waals surface area contributed by atoms with Gasteiger partial charge in [-0.15, -0.1) is 0 Å². The van der Waals surface area contributed by atoms with Crippen LogP contribution >= 0.6 is 0 Å². The van der Waals surface area contributed by atoms with E-state index < -0.39 is 11.5 Å². The van der Waals surface area contributed by atoms with Gasteiger partial charge in [0.15, 0.2) is 23.0 Å². The van der Waals surface area contributed by atoms with Gasteiger partial charge in [0.05, 0.1) is 18.8 Å². The molecule has 0 radical (unpaired) electrons. The third-order valence-corrected chi connectivity index (χ3v) is 3.22. The maximum Gasteiger partial charge on any atom is 0.166 e. The minimum Gasteiger partial charge on any atom is -0.504 e. The normalized spacial score (nSPS) is 15.6. The van der Waals surface area contributed by atoms with Gasteiger partial charge in [-0.05, 0) is 6.92 Å². The van der Waals surface area contributed by atoms with E-state index in [9.17, 15) is 20.4 Å². The summed E-state index contributed by atoms with van der Waals surface area (Å²) in [4.78, 5) is 1.96. The maximum atomic E-state index is 9.84. The van der Waals surface area contributed by atoms with E-state index in [4.69, 9.17) is 4.74 Å². The second kappa shape index (κ2) is 7.21. The molecular weight excluding hydrogens is 262 g/mol. The minimum absolute atomic E-state index is 0.0655. The Bertz CT molecular complexity index is 426. The summed E-state index contributed by atoms with van der Waals surface area (Å²) >= 11 is 0. The Morgan fingerprint density at radius 1 is 0.900 bits per heavy atom. The van der Waals surface area contributed by atoms with Gasteiger partial charge < -0.3 is 25.2 Å². The van der Waals surface area contributed by atoms with Crippen LogP contribution in [0.5, 0.6) is 23.0 Å². The molecule has 0 aliphatic carbocycles. The highest BCUT2D eigenvalue weighted by molar-refractivity contribution is 5.63. The van der Waals surface area contributed by atoms with Crippen molar-refractivity contribution < 1.29 is 25.2 Å². The number of aromatic hydroxyl groups is 4. The fourth-order valence-corrected chi connectivity index (χ4v) is 2.00. The Balaban J connectivity index is 0.000000956. The van der Waals surface area contributed by atoms with Gasteiger partial charge in [-0.2, -0.15) is 0 Å². The Kier molecular flexibility index (Phi) is 5.91. The first kappa shape index (κ1) is 16.4. The Labute approximate surface area is 118 Å². The summed E-state index contributed by atoms with van der Waals surface area (Å²) in [5.41, 5.74) is 0.202. The van der Waals surface area contributed by atoms with Crippen molar-refractivity contribution in [1.82, 2.24) is 4.90 Å². The predicted molar refractivity (Wildman–Crippen MR) is 75.3 cm³/mol. The first-order chi connectivity index (χ1) is 9.52. The number of morpholine rings is 1. The molecule has 0 aromatic heterocycles. The number of phenols is 4. The quantitative estimate of drug-likeness (QED) is 0.488. The van der Waals surface area contributed by atoms with Crippen LogP contribution in [0.2, 0.25) is 0 Å². The molecule has 1 fully saturated rings. The van der Waals surface area contributed by atoms with Gasteiger partial charge in [0, 0.05) is 25.2 Å². The van der Waals surface area contributed by atoms with Crippen molar-refractivity contribution in [2.24, 2.45) is 0 Å². The van der Waals surface area contributed by atoms with Gasteiger partial charge in [-0.25, -0.2) is 0 Å². The first-order valence-electron chi connectivity index (χ1n) is 6.77. The van der Waals surface area contributed by atoms with Crippen molar-refractivity contribution >= 4 is 0 Å². The van der Waals surface area contributed by atoms with E-state index in [0.717, 1.165) is 0 Å². The van der Waals surface area contributed by atoms with Crippen LogP contribution in [0.4, 0.5) is 0 Å². The number of rotatable bonds is 2. The smallest absolute Gasteiger partial charge is 0.166 e. The molecule has 4 N–H and O–H groups in total. The molecule has 6 nitrogen and oxygen atoms in total. The molecule has 0 amide bonds. The molecule has 6 heteroatoms. The third kappa shape index (κ3) is 3.26. The summed E-state index contributed by atoms with van der Waals surface area (Å²) in [5.74, 6) is -1.55. The number of ether oxygens (including phenoxy) is 1. The zero-order valence-electron chi connectivity index (χ0n) is 12.2. The van der Waals surface area contributed by atoms with Crippen LogP contribution in [0, 0.1) is 6.92 Å². The molecule has 0 bridgehead atoms. The molecule has 1 aliphatic heterocycles. The minimum atomic E-state index is -0.395. The van der Waals surface area contributed by atoms with Crippen LogP contribution in [-0.2, 0) is 11.3 Å². The molecule has 1 aromatic rings. The SMILES string of the molecule is CC.Cc1c(O)c(O)c(CN2CCOCC2)c(O)c1O. The molecule has 114 valence electrons. The lowest BCUT2D eigenvalue weighted by Gasteiger charge is -2.27. The lowest BCUT2D eigenvalue weighted by molar-refractivity contribution is 0.0335. The van der Waals surface area contributed by atoms with E-state index in [1.807, 2.05) is 18.7 Å². The van der Waals surface area contributed by atoms with Crippen molar-refractivity contribution in [2.75, 3.05) is 26.3 Å². The van der Waals surface area contributed by atoms with Crippen LogP contribution < -0.4 is 0 Å². The Morgan fingerprint density at radius 2 is 1.35 bits per heavy atom. The van der Waals surface area contributed by atoms with Gasteiger partial charge in [0.1, 0.15) is 0 Å². The summed E-state index contributed by atoms with van der Waals surface area (Å²) < 4.78 is 5.20. The molecule has 1 aromatic carbocycles. The van der Waals surface area contributed by atoms with Crippen molar-refractivity contribution in [2.45, 2.75) is 27.3 Å². The van der Waals surface area contributed by atoms with E-state index in [-0.39, 0.29) is 29.2 Å². The molecular formula is C14H23NO5. The molecule has 1 saturated heterocycles. The standard InChI is InChI=1S/C12H17NO5.C2H6/c1-7-9(14)11(16)8(12(17)10(7)15)6-13-2-4-18-5-3-13;1-2/h14-17H,2-6H2,1H3;1-2H3. The van der Waals surface area contributed by atoms with Crippen LogP contribution in [0.1, 0.15) is 25.0 Å². The number of hydrogen-bond acceptors (Lipinski definition) is 6. The monoisotopic (exact) mass is 285 g/mol. The fraction of sp³-hybridized carbons (Fsp3) is 0.571. The number of nitrogens with zero attached hydrogens (tertiary/aromatic N) is 1. The summed E-state index contributed by atoms with van der Waals surface area (Å²) in [6.45, 7) is 8.20. The zero-order valence-corrected chi connectivity index (χ0v) is 12.2. The summed E-state index contributed by atoms with van der Waals surface area (Å²) in [7, 11) is 0. The second-order valence-electron chi connectivity index (χ2n) is 4.39. The topological polar surface area (TPSA) is 93.4 Å². The highest BCUT2D eigenvalue weighted by Crippen LogP contribution is 2.46. The lowest BCUT2D eigenvalue weighted by Crippen LogP contribution is -2.35. The lowest BCUT2D eigenvalue weighted by atomic mass is 10.1. The van der Waals surface area contributed by atoms with E-state index in [2.05, 4.69) is 0 Å². The van der Waals surface area contributed by atoms with Gasteiger partial charge in [-0.1, -0.05) is 13.8 Å². The molecule has 1 heterocycles. The average Bonchev–Trinajstić information content (AvgIpc) is 2.51. The average molecular weight is 285 g/mol. The predicted octanol–water partition coefficient (Wildman–Crippen LogP) is 1.68. The second-order valence-corrected chi connectivity index (χ2v) is 4.39. The van der Waals surface area contributed by atoms with Crippen LogP contribution in [0.15, 0.2) is 0 Å². The summed E-state index contributed by atoms with van der Waals surface area (Å²) in [6.07, 6.45) is 0. The molecule has 2 rings (SSSR count). The van der Waals surface area contributed by atoms with Gasteiger partial charge in [-0.3, -0.25) is 4.90 Å². The molecule has 20 heavy (non-hydrogen) atoms. The van der Waals surface area contributed by atoms with Crippen molar-refractivity contribution in [3.05, 3.63) is 11.1 Å². The molecule has 1 aliphatic rings. The van der Waals surface area contributed by atoms with E-state index in [0.29, 0.717) is 26.3 Å². The number of hydrogen-bond donors (Lipinski definition) is 4. The van der Waals surface area contributed by atoms with Crippen molar-refractivity contribution in [3.8, 4) is 23.0 Å². The Hall–Kier alpha value is -1.66. The van der Waals surface area contributed by atoms with Crippen LogP contribution in [0.3, 0.4) is 0 Å². The van der Waals surface area contributed by atoms with Crippen molar-refractivity contribution in [3.63, 3.8) is 0 Å². The first-order valence-corrected chi connectivity index (χ1v) is 6.77. The highest BCUT2D eigenvalue weighted by atomic mass is 16.5. The fourth-order valence-electron chi connectivity index (χ4n) is 2.00. The van der Waals surface area contributed by atoms with Gasteiger partial charge in [0.2, 0.25) is 0 Å².